The van der Waals surface area contributed by atoms with Gasteiger partial charge in [0.05, 0.1) is 6.61 Å². The molecular formula is C12H23N3O5. The van der Waals surface area contributed by atoms with E-state index < -0.39 is 18.0 Å². The summed E-state index contributed by atoms with van der Waals surface area (Å²) in [5, 5.41) is 13.9. The van der Waals surface area contributed by atoms with Gasteiger partial charge in [-0.05, 0) is 6.42 Å². The maximum atomic E-state index is 11.7. The number of carboxylic acid groups (broad SMARTS) is 1. The number of ether oxygens (including phenoxy) is 1. The van der Waals surface area contributed by atoms with E-state index in [2.05, 4.69) is 10.6 Å². The molecule has 0 heterocycles. The second-order valence-electron chi connectivity index (χ2n) is 4.33. The Balaban J connectivity index is 4.19. The van der Waals surface area contributed by atoms with Gasteiger partial charge in [0.1, 0.15) is 12.6 Å². The van der Waals surface area contributed by atoms with Gasteiger partial charge in [-0.2, -0.15) is 0 Å². The number of carbonyl (C=O) groups is 3. The Kier molecular flexibility index (Phi) is 9.10. The lowest BCUT2D eigenvalue weighted by Crippen LogP contribution is -2.49. The van der Waals surface area contributed by atoms with Crippen LogP contribution >= 0.6 is 0 Å². The lowest BCUT2D eigenvalue weighted by Gasteiger charge is -2.20. The summed E-state index contributed by atoms with van der Waals surface area (Å²) in [6.07, 6.45) is 0.980. The summed E-state index contributed by atoms with van der Waals surface area (Å²) in [6.45, 7) is 2.43. The standard InChI is InChI=1S/C12H23N3O5/c1-4-5-9(11(17)18)14-12(19)15(2)8-10(16)13-6-7-20-3/h9H,4-8H2,1-3H3,(H,13,16)(H,14,19)(H,17,18)/t9-/m1/s1. The van der Waals surface area contributed by atoms with Gasteiger partial charge in [0.25, 0.3) is 0 Å². The molecule has 0 aliphatic carbocycles. The normalized spacial score (nSPS) is 11.6. The van der Waals surface area contributed by atoms with Crippen molar-refractivity contribution in [2.45, 2.75) is 25.8 Å². The van der Waals surface area contributed by atoms with E-state index in [-0.39, 0.29) is 12.5 Å². The summed E-state index contributed by atoms with van der Waals surface area (Å²) < 4.78 is 4.78. The molecule has 0 aliphatic rings. The van der Waals surface area contributed by atoms with Crippen LogP contribution in [0.3, 0.4) is 0 Å². The van der Waals surface area contributed by atoms with Crippen LogP contribution in [0, 0.1) is 0 Å². The van der Waals surface area contributed by atoms with Gasteiger partial charge in [0.15, 0.2) is 0 Å². The second kappa shape index (κ2) is 10.0. The molecule has 0 aromatic heterocycles. The number of carboxylic acids is 1. The molecule has 0 rings (SSSR count). The fourth-order valence-electron chi connectivity index (χ4n) is 1.44. The third-order valence-electron chi connectivity index (χ3n) is 2.53. The summed E-state index contributed by atoms with van der Waals surface area (Å²) in [6, 6.07) is -1.53. The number of carbonyl (C=O) groups excluding carboxylic acids is 2. The number of urea groups is 1. The number of aliphatic carboxylic acids is 1. The number of methoxy groups -OCH3 is 1. The van der Waals surface area contributed by atoms with Crippen LogP contribution in [0.4, 0.5) is 4.79 Å². The van der Waals surface area contributed by atoms with E-state index >= 15 is 0 Å². The molecule has 0 saturated carbocycles. The van der Waals surface area contributed by atoms with Crippen molar-refractivity contribution in [2.75, 3.05) is 33.9 Å². The van der Waals surface area contributed by atoms with Gasteiger partial charge in [-0.25, -0.2) is 9.59 Å². The van der Waals surface area contributed by atoms with Crippen molar-refractivity contribution in [1.82, 2.24) is 15.5 Å². The highest BCUT2D eigenvalue weighted by atomic mass is 16.5. The molecule has 1 atom stereocenters. The average Bonchev–Trinajstić information content (AvgIpc) is 2.38. The fourth-order valence-corrected chi connectivity index (χ4v) is 1.44. The molecule has 3 N–H and O–H groups in total. The minimum atomic E-state index is -1.09. The summed E-state index contributed by atoms with van der Waals surface area (Å²) >= 11 is 0. The van der Waals surface area contributed by atoms with Gasteiger partial charge >= 0.3 is 12.0 Å². The minimum Gasteiger partial charge on any atom is -0.480 e. The van der Waals surface area contributed by atoms with Crippen LogP contribution in [0.15, 0.2) is 0 Å². The van der Waals surface area contributed by atoms with Crippen molar-refractivity contribution in [3.63, 3.8) is 0 Å². The Hall–Kier alpha value is -1.83. The summed E-state index contributed by atoms with van der Waals surface area (Å²) in [4.78, 5) is 35.3. The number of nitrogens with zero attached hydrogens (tertiary/aromatic N) is 1. The van der Waals surface area contributed by atoms with Crippen molar-refractivity contribution >= 4 is 17.9 Å². The average molecular weight is 289 g/mol. The van der Waals surface area contributed by atoms with E-state index in [1.807, 2.05) is 6.92 Å². The predicted molar refractivity (Wildman–Crippen MR) is 72.4 cm³/mol. The van der Waals surface area contributed by atoms with Crippen LogP contribution in [0.25, 0.3) is 0 Å². The fraction of sp³-hybridized carbons (Fsp3) is 0.750. The van der Waals surface area contributed by atoms with Gasteiger partial charge in [-0.1, -0.05) is 13.3 Å². The zero-order valence-corrected chi connectivity index (χ0v) is 12.1. The smallest absolute Gasteiger partial charge is 0.326 e. The molecule has 0 fully saturated rings. The third-order valence-corrected chi connectivity index (χ3v) is 2.53. The third kappa shape index (κ3) is 7.57. The SMILES string of the molecule is CCC[C@@H](NC(=O)N(C)CC(=O)NCCOC)C(=O)O. The molecule has 0 bridgehead atoms. The van der Waals surface area contributed by atoms with Crippen molar-refractivity contribution in [1.29, 1.82) is 0 Å². The Morgan fingerprint density at radius 2 is 2.00 bits per heavy atom. The van der Waals surface area contributed by atoms with E-state index in [4.69, 9.17) is 9.84 Å². The molecule has 0 unspecified atom stereocenters. The Morgan fingerprint density at radius 1 is 1.35 bits per heavy atom. The molecule has 0 aromatic rings. The molecule has 0 spiro atoms. The van der Waals surface area contributed by atoms with Crippen LogP contribution in [-0.4, -0.2) is 67.8 Å². The van der Waals surface area contributed by atoms with Crippen LogP contribution in [0.2, 0.25) is 0 Å². The number of likely N-dealkylation sites (N-methyl/N-ethyl adjacent to an activating group) is 1. The van der Waals surface area contributed by atoms with E-state index in [0.29, 0.717) is 26.0 Å². The van der Waals surface area contributed by atoms with Gasteiger partial charge < -0.3 is 25.4 Å². The predicted octanol–water partition coefficient (Wildman–Crippen LogP) is -0.356. The highest BCUT2D eigenvalue weighted by Crippen LogP contribution is 1.98. The van der Waals surface area contributed by atoms with Crippen molar-refractivity contribution in [2.24, 2.45) is 0 Å². The zero-order valence-electron chi connectivity index (χ0n) is 12.1. The lowest BCUT2D eigenvalue weighted by molar-refractivity contribution is -0.139. The Labute approximate surface area is 118 Å². The first-order valence-corrected chi connectivity index (χ1v) is 6.42. The molecular weight excluding hydrogens is 266 g/mol. The van der Waals surface area contributed by atoms with Crippen LogP contribution in [0.1, 0.15) is 19.8 Å². The first-order valence-electron chi connectivity index (χ1n) is 6.42. The largest absolute Gasteiger partial charge is 0.480 e. The molecule has 0 aliphatic heterocycles. The summed E-state index contributed by atoms with van der Waals surface area (Å²) in [5.74, 6) is -1.42. The molecule has 8 heteroatoms. The highest BCUT2D eigenvalue weighted by Gasteiger charge is 2.21. The number of hydrogen-bond donors (Lipinski definition) is 3. The highest BCUT2D eigenvalue weighted by molar-refractivity contribution is 5.86. The van der Waals surface area contributed by atoms with Gasteiger partial charge in [0.2, 0.25) is 5.91 Å². The van der Waals surface area contributed by atoms with Crippen LogP contribution in [0.5, 0.6) is 0 Å². The molecule has 20 heavy (non-hydrogen) atoms. The van der Waals surface area contributed by atoms with E-state index in [9.17, 15) is 14.4 Å². The Morgan fingerprint density at radius 3 is 2.50 bits per heavy atom. The van der Waals surface area contributed by atoms with E-state index in [1.54, 1.807) is 0 Å². The number of nitrogens with one attached hydrogen (secondary N) is 2. The summed E-state index contributed by atoms with van der Waals surface area (Å²) in [7, 11) is 2.95. The Bertz CT molecular complexity index is 335. The summed E-state index contributed by atoms with van der Waals surface area (Å²) in [5.41, 5.74) is 0. The second-order valence-corrected chi connectivity index (χ2v) is 4.33. The topological polar surface area (TPSA) is 108 Å². The molecule has 116 valence electrons. The van der Waals surface area contributed by atoms with Crippen LogP contribution in [-0.2, 0) is 14.3 Å². The van der Waals surface area contributed by atoms with E-state index in [1.165, 1.54) is 14.2 Å². The number of rotatable bonds is 9. The van der Waals surface area contributed by atoms with E-state index in [0.717, 1.165) is 4.90 Å². The monoisotopic (exact) mass is 289 g/mol. The number of hydrogen-bond acceptors (Lipinski definition) is 4. The molecule has 0 saturated heterocycles. The van der Waals surface area contributed by atoms with Crippen LogP contribution < -0.4 is 10.6 Å². The van der Waals surface area contributed by atoms with Crippen molar-refractivity contribution in [3.05, 3.63) is 0 Å². The minimum absolute atomic E-state index is 0.145. The molecule has 0 aromatic carbocycles. The molecule has 0 radical (unpaired) electrons. The van der Waals surface area contributed by atoms with Crippen molar-refractivity contribution < 1.29 is 24.2 Å². The molecule has 8 nitrogen and oxygen atoms in total. The maximum Gasteiger partial charge on any atom is 0.326 e. The maximum absolute atomic E-state index is 11.7. The quantitative estimate of drug-likeness (QED) is 0.503. The van der Waals surface area contributed by atoms with Gasteiger partial charge in [0, 0.05) is 20.7 Å². The van der Waals surface area contributed by atoms with Gasteiger partial charge in [-0.3, -0.25) is 4.79 Å². The van der Waals surface area contributed by atoms with Crippen molar-refractivity contribution in [3.8, 4) is 0 Å². The lowest BCUT2D eigenvalue weighted by atomic mass is 10.2. The van der Waals surface area contributed by atoms with Gasteiger partial charge in [-0.15, -0.1) is 0 Å². The molecule has 3 amide bonds. The first-order chi connectivity index (χ1) is 9.42. The number of amides is 3. The zero-order chi connectivity index (χ0) is 15.5. The first kappa shape index (κ1) is 18.2.